The van der Waals surface area contributed by atoms with Crippen molar-refractivity contribution in [3.05, 3.63) is 0 Å². The molecule has 0 saturated heterocycles. The van der Waals surface area contributed by atoms with Gasteiger partial charge in [0.05, 0.1) is 0 Å². The maximum atomic E-state index is 2.43. The molecule has 0 aromatic carbocycles. The van der Waals surface area contributed by atoms with E-state index in [0.717, 1.165) is 23.6 Å². The molecular weight excluding hydrogens is 179 g/mol. The second kappa shape index (κ2) is 5.41. The molecule has 1 heteroatoms. The first-order valence-corrected chi connectivity index (χ1v) is 7.09. The summed E-state index contributed by atoms with van der Waals surface area (Å²) < 4.78 is 0. The van der Waals surface area contributed by atoms with E-state index < -0.39 is 0 Å². The quantitative estimate of drug-likeness (QED) is 0.580. The maximum absolute atomic E-state index is 2.43. The molecule has 0 unspecified atom stereocenters. The molecular formula is C14H26B. The van der Waals surface area contributed by atoms with Gasteiger partial charge in [0.25, 0.3) is 0 Å². The van der Waals surface area contributed by atoms with E-state index in [1.54, 1.807) is 0 Å². The van der Waals surface area contributed by atoms with Gasteiger partial charge in [0.2, 0.25) is 0 Å². The molecule has 85 valence electrons. The van der Waals surface area contributed by atoms with Gasteiger partial charge in [-0.05, 0) is 30.6 Å². The maximum Gasteiger partial charge on any atom is 0.110 e. The smallest absolute Gasteiger partial charge is 0.0917 e. The van der Waals surface area contributed by atoms with Crippen molar-refractivity contribution >= 4 is 7.28 Å². The fourth-order valence-corrected chi connectivity index (χ4v) is 3.71. The van der Waals surface area contributed by atoms with E-state index >= 15 is 0 Å². The Morgan fingerprint density at radius 2 is 1.20 bits per heavy atom. The number of hydrogen-bond acceptors (Lipinski definition) is 0. The third kappa shape index (κ3) is 3.01. The highest BCUT2D eigenvalue weighted by atomic mass is 14.3. The van der Waals surface area contributed by atoms with Crippen molar-refractivity contribution in [3.63, 3.8) is 0 Å². The Hall–Kier alpha value is 0.0649. The zero-order chi connectivity index (χ0) is 10.7. The Morgan fingerprint density at radius 1 is 0.733 bits per heavy atom. The van der Waals surface area contributed by atoms with Crippen LogP contribution in [0.4, 0.5) is 0 Å². The fraction of sp³-hybridized carbons (Fsp3) is 1.00. The van der Waals surface area contributed by atoms with Crippen molar-refractivity contribution in [1.29, 1.82) is 0 Å². The van der Waals surface area contributed by atoms with E-state index in [9.17, 15) is 0 Å². The average Bonchev–Trinajstić information content (AvgIpc) is 2.30. The molecule has 1 radical (unpaired) electrons. The van der Waals surface area contributed by atoms with Crippen molar-refractivity contribution < 1.29 is 0 Å². The van der Waals surface area contributed by atoms with Gasteiger partial charge in [-0.2, -0.15) is 0 Å². The largest absolute Gasteiger partial charge is 0.110 e. The fourth-order valence-electron chi connectivity index (χ4n) is 3.71. The first-order valence-electron chi connectivity index (χ1n) is 7.09. The monoisotopic (exact) mass is 205 g/mol. The molecule has 2 fully saturated rings. The van der Waals surface area contributed by atoms with Gasteiger partial charge in [0, 0.05) is 0 Å². The van der Waals surface area contributed by atoms with Gasteiger partial charge < -0.3 is 0 Å². The average molecular weight is 205 g/mol. The van der Waals surface area contributed by atoms with Crippen LogP contribution in [0.1, 0.15) is 58.3 Å². The summed E-state index contributed by atoms with van der Waals surface area (Å²) in [5.41, 5.74) is 0. The standard InChI is InChI=1S/C14H26B/c1-11-3-5-12(6-4-11)13-7-9-14(15-2)10-8-13/h11-14H,3-10H2,1-2H3. The SMILES string of the molecule is C[B]C1CCC(C2CCC(C)CC2)CC1. The minimum absolute atomic E-state index is 0.948. The van der Waals surface area contributed by atoms with Crippen LogP contribution >= 0.6 is 0 Å². The molecule has 0 aliphatic heterocycles. The molecule has 0 atom stereocenters. The lowest BCUT2D eigenvalue weighted by molar-refractivity contribution is 0.173. The van der Waals surface area contributed by atoms with Crippen molar-refractivity contribution in [2.75, 3.05) is 0 Å². The summed E-state index contributed by atoms with van der Waals surface area (Å²) in [4.78, 5) is 0. The van der Waals surface area contributed by atoms with Crippen LogP contribution in [0.5, 0.6) is 0 Å². The Kier molecular flexibility index (Phi) is 4.17. The van der Waals surface area contributed by atoms with Gasteiger partial charge in [-0.3, -0.25) is 0 Å². The molecule has 0 aromatic rings. The van der Waals surface area contributed by atoms with Crippen molar-refractivity contribution in [1.82, 2.24) is 0 Å². The van der Waals surface area contributed by atoms with E-state index in [1.807, 2.05) is 0 Å². The summed E-state index contributed by atoms with van der Waals surface area (Å²) in [6.07, 6.45) is 12.1. The Balaban J connectivity index is 1.75. The number of hydrogen-bond donors (Lipinski definition) is 0. The van der Waals surface area contributed by atoms with Gasteiger partial charge in [-0.15, -0.1) is 0 Å². The Bertz CT molecular complexity index is 174. The lowest BCUT2D eigenvalue weighted by atomic mass is 9.57. The normalized spacial score (nSPS) is 42.5. The Morgan fingerprint density at radius 3 is 1.67 bits per heavy atom. The van der Waals surface area contributed by atoms with Gasteiger partial charge >= 0.3 is 0 Å². The highest BCUT2D eigenvalue weighted by molar-refractivity contribution is 6.35. The van der Waals surface area contributed by atoms with Crippen molar-refractivity contribution in [2.45, 2.75) is 70.9 Å². The summed E-state index contributed by atoms with van der Waals surface area (Å²) in [5, 5.41) is 0. The van der Waals surface area contributed by atoms with Gasteiger partial charge in [0.15, 0.2) is 0 Å². The highest BCUT2D eigenvalue weighted by Crippen LogP contribution is 2.42. The van der Waals surface area contributed by atoms with Gasteiger partial charge in [-0.25, -0.2) is 0 Å². The summed E-state index contributed by atoms with van der Waals surface area (Å²) in [7, 11) is 2.43. The molecule has 0 N–H and O–H groups in total. The van der Waals surface area contributed by atoms with E-state index in [4.69, 9.17) is 0 Å². The zero-order valence-electron chi connectivity index (χ0n) is 10.5. The molecule has 0 nitrogen and oxygen atoms in total. The molecule has 0 bridgehead atoms. The summed E-state index contributed by atoms with van der Waals surface area (Å²) >= 11 is 0. The van der Waals surface area contributed by atoms with Crippen molar-refractivity contribution in [2.24, 2.45) is 17.8 Å². The van der Waals surface area contributed by atoms with Gasteiger partial charge in [-0.1, -0.05) is 58.1 Å². The predicted octanol–water partition coefficient (Wildman–Crippen LogP) is 4.54. The molecule has 15 heavy (non-hydrogen) atoms. The second-order valence-corrected chi connectivity index (χ2v) is 6.03. The van der Waals surface area contributed by atoms with Crippen LogP contribution in [-0.2, 0) is 0 Å². The predicted molar refractivity (Wildman–Crippen MR) is 68.4 cm³/mol. The lowest BCUT2D eigenvalue weighted by Crippen LogP contribution is -2.24. The van der Waals surface area contributed by atoms with Crippen LogP contribution < -0.4 is 0 Å². The van der Waals surface area contributed by atoms with Crippen LogP contribution in [0.15, 0.2) is 0 Å². The molecule has 0 amide bonds. The summed E-state index contributed by atoms with van der Waals surface area (Å²) in [5.74, 6) is 4.15. The molecule has 2 aliphatic rings. The van der Waals surface area contributed by atoms with Crippen LogP contribution in [0.3, 0.4) is 0 Å². The molecule has 0 spiro atoms. The van der Waals surface area contributed by atoms with E-state index in [-0.39, 0.29) is 0 Å². The first kappa shape index (κ1) is 11.5. The van der Waals surface area contributed by atoms with E-state index in [2.05, 4.69) is 21.0 Å². The highest BCUT2D eigenvalue weighted by Gasteiger charge is 2.29. The van der Waals surface area contributed by atoms with Crippen LogP contribution in [0, 0.1) is 17.8 Å². The van der Waals surface area contributed by atoms with Crippen LogP contribution in [0.25, 0.3) is 0 Å². The van der Waals surface area contributed by atoms with E-state index in [0.29, 0.717) is 0 Å². The minimum Gasteiger partial charge on any atom is -0.0917 e. The third-order valence-corrected chi connectivity index (χ3v) is 5.02. The summed E-state index contributed by atoms with van der Waals surface area (Å²) in [6.45, 7) is 4.67. The lowest BCUT2D eigenvalue weighted by Gasteiger charge is -2.37. The topological polar surface area (TPSA) is 0 Å². The summed E-state index contributed by atoms with van der Waals surface area (Å²) in [6, 6.07) is 0. The zero-order valence-corrected chi connectivity index (χ0v) is 10.5. The molecule has 0 aromatic heterocycles. The first-order chi connectivity index (χ1) is 7.29. The van der Waals surface area contributed by atoms with E-state index in [1.165, 1.54) is 51.4 Å². The van der Waals surface area contributed by atoms with Crippen LogP contribution in [-0.4, -0.2) is 7.28 Å². The molecule has 2 aliphatic carbocycles. The third-order valence-electron chi connectivity index (χ3n) is 5.02. The number of rotatable bonds is 2. The second-order valence-electron chi connectivity index (χ2n) is 6.03. The minimum atomic E-state index is 0.948. The molecule has 2 saturated carbocycles. The van der Waals surface area contributed by atoms with Crippen LogP contribution in [0.2, 0.25) is 12.6 Å². The molecule has 2 rings (SSSR count). The van der Waals surface area contributed by atoms with Gasteiger partial charge in [0.1, 0.15) is 7.28 Å². The Labute approximate surface area is 96.5 Å². The van der Waals surface area contributed by atoms with Crippen molar-refractivity contribution in [3.8, 4) is 0 Å². The molecule has 0 heterocycles.